The van der Waals surface area contributed by atoms with E-state index in [9.17, 15) is 9.18 Å². The topological polar surface area (TPSA) is 57.0 Å². The van der Waals surface area contributed by atoms with Crippen LogP contribution < -0.4 is 0 Å². The molecule has 2 aromatic heterocycles. The SMILES string of the molecule is COC(=O)c1ccn(-c2ncc(I)cc2F)n1. The molecule has 0 N–H and O–H groups in total. The van der Waals surface area contributed by atoms with E-state index in [0.717, 1.165) is 0 Å². The van der Waals surface area contributed by atoms with Gasteiger partial charge in [-0.2, -0.15) is 5.10 Å². The first kappa shape index (κ1) is 12.0. The molecule has 0 aliphatic carbocycles. The lowest BCUT2D eigenvalue weighted by Crippen LogP contribution is -2.06. The van der Waals surface area contributed by atoms with Gasteiger partial charge in [0, 0.05) is 16.0 Å². The van der Waals surface area contributed by atoms with Gasteiger partial charge in [-0.25, -0.2) is 18.9 Å². The number of carbonyl (C=O) groups is 1. The third-order valence-corrected chi connectivity index (χ3v) is 2.58. The first-order valence-corrected chi connectivity index (χ1v) is 5.65. The molecule has 0 bridgehead atoms. The summed E-state index contributed by atoms with van der Waals surface area (Å²) in [4.78, 5) is 15.1. The molecule has 17 heavy (non-hydrogen) atoms. The molecule has 0 saturated carbocycles. The number of ether oxygens (including phenoxy) is 1. The van der Waals surface area contributed by atoms with Crippen LogP contribution in [0.2, 0.25) is 0 Å². The van der Waals surface area contributed by atoms with E-state index in [4.69, 9.17) is 0 Å². The zero-order valence-corrected chi connectivity index (χ0v) is 10.9. The van der Waals surface area contributed by atoms with Crippen LogP contribution in [0.1, 0.15) is 10.5 Å². The maximum atomic E-state index is 13.6. The second kappa shape index (κ2) is 4.78. The van der Waals surface area contributed by atoms with Crippen LogP contribution in [0.4, 0.5) is 4.39 Å². The summed E-state index contributed by atoms with van der Waals surface area (Å²) in [5.41, 5.74) is 0.104. The summed E-state index contributed by atoms with van der Waals surface area (Å²) in [7, 11) is 1.26. The summed E-state index contributed by atoms with van der Waals surface area (Å²) in [5.74, 6) is -1.04. The van der Waals surface area contributed by atoms with Crippen LogP contribution in [-0.2, 0) is 4.74 Å². The average molecular weight is 347 g/mol. The Balaban J connectivity index is 2.40. The number of esters is 1. The minimum Gasteiger partial charge on any atom is -0.464 e. The van der Waals surface area contributed by atoms with Gasteiger partial charge in [-0.1, -0.05) is 0 Å². The van der Waals surface area contributed by atoms with E-state index in [1.165, 1.54) is 36.3 Å². The number of pyridine rings is 1. The molecule has 2 rings (SSSR count). The first-order valence-electron chi connectivity index (χ1n) is 4.57. The average Bonchev–Trinajstić information content (AvgIpc) is 2.77. The largest absolute Gasteiger partial charge is 0.464 e. The summed E-state index contributed by atoms with van der Waals surface area (Å²) in [6.07, 6.45) is 2.96. The van der Waals surface area contributed by atoms with Crippen LogP contribution in [0.25, 0.3) is 5.82 Å². The Morgan fingerprint density at radius 3 is 3.00 bits per heavy atom. The predicted molar refractivity (Wildman–Crippen MR) is 65.4 cm³/mol. The van der Waals surface area contributed by atoms with Gasteiger partial charge in [0.15, 0.2) is 17.3 Å². The van der Waals surface area contributed by atoms with Crippen molar-refractivity contribution in [1.29, 1.82) is 0 Å². The molecule has 88 valence electrons. The molecule has 7 heteroatoms. The van der Waals surface area contributed by atoms with Crippen molar-refractivity contribution in [3.05, 3.63) is 39.6 Å². The molecular formula is C10H7FIN3O2. The van der Waals surface area contributed by atoms with E-state index >= 15 is 0 Å². The van der Waals surface area contributed by atoms with Gasteiger partial charge in [0.25, 0.3) is 0 Å². The fraction of sp³-hybridized carbons (Fsp3) is 0.100. The van der Waals surface area contributed by atoms with E-state index in [-0.39, 0.29) is 11.5 Å². The van der Waals surface area contributed by atoms with Crippen molar-refractivity contribution < 1.29 is 13.9 Å². The zero-order valence-electron chi connectivity index (χ0n) is 8.72. The predicted octanol–water partition coefficient (Wildman–Crippen LogP) is 1.80. The summed E-state index contributed by atoms with van der Waals surface area (Å²) < 4.78 is 20.0. The van der Waals surface area contributed by atoms with Crippen LogP contribution in [0.3, 0.4) is 0 Å². The molecule has 0 radical (unpaired) electrons. The zero-order chi connectivity index (χ0) is 12.4. The molecule has 0 aromatic carbocycles. The van der Waals surface area contributed by atoms with Crippen LogP contribution in [0.5, 0.6) is 0 Å². The molecule has 5 nitrogen and oxygen atoms in total. The van der Waals surface area contributed by atoms with E-state index < -0.39 is 11.8 Å². The standard InChI is InChI=1S/C10H7FIN3O2/c1-17-10(16)8-2-3-15(14-8)9-7(11)4-6(12)5-13-9/h2-5H,1H3. The van der Waals surface area contributed by atoms with Gasteiger partial charge in [0.1, 0.15) is 0 Å². The van der Waals surface area contributed by atoms with Crippen molar-refractivity contribution >= 4 is 28.6 Å². The van der Waals surface area contributed by atoms with E-state index in [1.807, 2.05) is 22.6 Å². The monoisotopic (exact) mass is 347 g/mol. The second-order valence-electron chi connectivity index (χ2n) is 3.10. The maximum Gasteiger partial charge on any atom is 0.358 e. The Bertz CT molecular complexity index is 570. The summed E-state index contributed by atoms with van der Waals surface area (Å²) in [6, 6.07) is 2.77. The van der Waals surface area contributed by atoms with Gasteiger partial charge in [0.05, 0.1) is 7.11 Å². The van der Waals surface area contributed by atoms with Crippen molar-refractivity contribution in [3.63, 3.8) is 0 Å². The highest BCUT2D eigenvalue weighted by Gasteiger charge is 2.13. The van der Waals surface area contributed by atoms with Gasteiger partial charge < -0.3 is 4.74 Å². The highest BCUT2D eigenvalue weighted by Crippen LogP contribution is 2.13. The van der Waals surface area contributed by atoms with Gasteiger partial charge in [-0.3, -0.25) is 0 Å². The number of methoxy groups -OCH3 is 1. The molecule has 2 heterocycles. The molecule has 0 aliphatic rings. The highest BCUT2D eigenvalue weighted by molar-refractivity contribution is 14.1. The van der Waals surface area contributed by atoms with Crippen LogP contribution in [0, 0.1) is 9.39 Å². The number of rotatable bonds is 2. The van der Waals surface area contributed by atoms with E-state index in [2.05, 4.69) is 14.8 Å². The summed E-state index contributed by atoms with van der Waals surface area (Å²) in [6.45, 7) is 0. The molecule has 0 spiro atoms. The molecule has 0 atom stereocenters. The number of hydrogen-bond acceptors (Lipinski definition) is 4. The first-order chi connectivity index (χ1) is 8.11. The fourth-order valence-corrected chi connectivity index (χ4v) is 1.64. The quantitative estimate of drug-likeness (QED) is 0.614. The second-order valence-corrected chi connectivity index (χ2v) is 4.34. The fourth-order valence-electron chi connectivity index (χ4n) is 1.23. The molecular weight excluding hydrogens is 340 g/mol. The molecule has 0 unspecified atom stereocenters. The minimum absolute atomic E-state index is 0.0422. The van der Waals surface area contributed by atoms with E-state index in [0.29, 0.717) is 3.57 Å². The van der Waals surface area contributed by atoms with Crippen molar-refractivity contribution in [1.82, 2.24) is 14.8 Å². The Morgan fingerprint density at radius 2 is 2.35 bits per heavy atom. The molecule has 2 aromatic rings. The van der Waals surface area contributed by atoms with Gasteiger partial charge >= 0.3 is 5.97 Å². The van der Waals surface area contributed by atoms with Crippen molar-refractivity contribution in [3.8, 4) is 5.82 Å². The number of halogens is 2. The molecule has 0 fully saturated rings. The Morgan fingerprint density at radius 1 is 1.59 bits per heavy atom. The lowest BCUT2D eigenvalue weighted by Gasteiger charge is -2.01. The third kappa shape index (κ3) is 2.43. The number of carbonyl (C=O) groups excluding carboxylic acids is 1. The normalized spacial score (nSPS) is 10.3. The Kier molecular flexibility index (Phi) is 3.36. The van der Waals surface area contributed by atoms with Crippen molar-refractivity contribution in [2.75, 3.05) is 7.11 Å². The van der Waals surface area contributed by atoms with Crippen LogP contribution >= 0.6 is 22.6 Å². The lowest BCUT2D eigenvalue weighted by molar-refractivity contribution is 0.0593. The van der Waals surface area contributed by atoms with Crippen LogP contribution in [-0.4, -0.2) is 27.8 Å². The van der Waals surface area contributed by atoms with Gasteiger partial charge in [-0.15, -0.1) is 0 Å². The number of hydrogen-bond donors (Lipinski definition) is 0. The Labute approximate surface area is 110 Å². The third-order valence-electron chi connectivity index (χ3n) is 1.99. The lowest BCUT2D eigenvalue weighted by atomic mass is 10.4. The van der Waals surface area contributed by atoms with Gasteiger partial charge in [-0.05, 0) is 34.7 Å². The van der Waals surface area contributed by atoms with E-state index in [1.54, 1.807) is 0 Å². The highest BCUT2D eigenvalue weighted by atomic mass is 127. The smallest absolute Gasteiger partial charge is 0.358 e. The van der Waals surface area contributed by atoms with Crippen molar-refractivity contribution in [2.45, 2.75) is 0 Å². The molecule has 0 aliphatic heterocycles. The minimum atomic E-state index is -0.574. The molecule has 0 amide bonds. The Hall–Kier alpha value is -1.51. The molecule has 0 saturated heterocycles. The summed E-state index contributed by atoms with van der Waals surface area (Å²) >= 11 is 1.96. The van der Waals surface area contributed by atoms with Gasteiger partial charge in [0.2, 0.25) is 0 Å². The van der Waals surface area contributed by atoms with Crippen molar-refractivity contribution in [2.24, 2.45) is 0 Å². The number of nitrogens with zero attached hydrogens (tertiary/aromatic N) is 3. The maximum absolute atomic E-state index is 13.6. The summed E-state index contributed by atoms with van der Waals surface area (Å²) in [5, 5.41) is 3.88. The number of aromatic nitrogens is 3. The van der Waals surface area contributed by atoms with Crippen LogP contribution in [0.15, 0.2) is 24.5 Å².